The number of carbonyl (C=O) groups is 1. The number of nitrogens with zero attached hydrogens (tertiary/aromatic N) is 3. The molecule has 1 aliphatic heterocycles. The van der Waals surface area contributed by atoms with E-state index in [4.69, 9.17) is 20.9 Å². The third-order valence-electron chi connectivity index (χ3n) is 5.43. The Kier molecular flexibility index (Phi) is 5.29. The van der Waals surface area contributed by atoms with Crippen molar-refractivity contribution < 1.29 is 22.5 Å². The molecule has 11 heteroatoms. The van der Waals surface area contributed by atoms with E-state index < -0.39 is 10.0 Å². The van der Waals surface area contributed by atoms with E-state index in [1.165, 1.54) is 17.0 Å². The van der Waals surface area contributed by atoms with Crippen LogP contribution in [0, 0.1) is 13.8 Å². The second-order valence-electron chi connectivity index (χ2n) is 8.32. The maximum atomic E-state index is 13.1. The number of anilines is 2. The van der Waals surface area contributed by atoms with E-state index in [1.807, 2.05) is 19.9 Å². The Labute approximate surface area is 195 Å². The Morgan fingerprint density at radius 2 is 1.88 bits per heavy atom. The molecule has 2 heterocycles. The highest BCUT2D eigenvalue weighted by Gasteiger charge is 2.33. The van der Waals surface area contributed by atoms with Crippen LogP contribution in [-0.4, -0.2) is 31.1 Å². The molecule has 3 aromatic rings. The van der Waals surface area contributed by atoms with Crippen molar-refractivity contribution >= 4 is 38.9 Å². The van der Waals surface area contributed by atoms with E-state index in [0.717, 1.165) is 24.0 Å². The van der Waals surface area contributed by atoms with E-state index in [-0.39, 0.29) is 34.7 Å². The lowest BCUT2D eigenvalue weighted by Gasteiger charge is -2.29. The quantitative estimate of drug-likeness (QED) is 0.558. The highest BCUT2D eigenvalue weighted by atomic mass is 35.5. The summed E-state index contributed by atoms with van der Waals surface area (Å²) in [6.45, 7) is 3.58. The zero-order valence-corrected chi connectivity index (χ0v) is 19.5. The highest BCUT2D eigenvalue weighted by Crippen LogP contribution is 2.41. The van der Waals surface area contributed by atoms with Crippen LogP contribution in [0.5, 0.6) is 5.75 Å². The zero-order valence-electron chi connectivity index (χ0n) is 18.0. The summed E-state index contributed by atoms with van der Waals surface area (Å²) in [6.07, 6.45) is 2.04. The number of fused-ring (bicyclic) bond motifs is 1. The van der Waals surface area contributed by atoms with Gasteiger partial charge in [0, 0.05) is 17.7 Å². The van der Waals surface area contributed by atoms with Crippen LogP contribution in [0.2, 0.25) is 5.02 Å². The maximum absolute atomic E-state index is 13.1. The molecule has 0 spiro atoms. The van der Waals surface area contributed by atoms with Crippen molar-refractivity contribution in [1.29, 1.82) is 0 Å². The zero-order chi connectivity index (χ0) is 23.3. The summed E-state index contributed by atoms with van der Waals surface area (Å²) in [7, 11) is -4.01. The molecule has 1 aromatic heterocycles. The predicted octanol–water partition coefficient (Wildman–Crippen LogP) is 3.94. The van der Waals surface area contributed by atoms with Gasteiger partial charge in [0.2, 0.25) is 5.89 Å². The molecule has 0 radical (unpaired) electrons. The van der Waals surface area contributed by atoms with Gasteiger partial charge in [-0.3, -0.25) is 14.4 Å². The minimum Gasteiger partial charge on any atom is -0.482 e. The van der Waals surface area contributed by atoms with Crippen LogP contribution in [0.25, 0.3) is 0 Å². The maximum Gasteiger partial charge on any atom is 0.265 e. The van der Waals surface area contributed by atoms with Crippen molar-refractivity contribution in [2.24, 2.45) is 0 Å². The molecule has 1 fully saturated rings. The van der Waals surface area contributed by atoms with Gasteiger partial charge >= 0.3 is 0 Å². The Hall–Kier alpha value is -3.11. The van der Waals surface area contributed by atoms with Crippen molar-refractivity contribution in [3.63, 3.8) is 0 Å². The SMILES string of the molecule is Cc1cc(C)cc(NS(=O)(=O)c2cc3c(cc2Cl)N(Cc2noc(C4CC4)n2)C(=O)CO3)c1. The van der Waals surface area contributed by atoms with E-state index >= 15 is 0 Å². The molecule has 172 valence electrons. The molecule has 1 aliphatic carbocycles. The molecule has 1 amide bonds. The first kappa shape index (κ1) is 21.7. The molecule has 0 bridgehead atoms. The van der Waals surface area contributed by atoms with Crippen molar-refractivity contribution in [3.05, 3.63) is 58.2 Å². The molecule has 0 saturated heterocycles. The Bertz CT molecular complexity index is 1350. The standard InChI is InChI=1S/C22H21ClN4O5S/c1-12-5-13(2)7-15(6-12)26-33(29,30)19-9-18-17(8-16(19)23)27(21(28)11-31-18)10-20-24-22(32-25-20)14-3-4-14/h5-9,14,26H,3-4,10-11H2,1-2H3. The predicted molar refractivity (Wildman–Crippen MR) is 121 cm³/mol. The van der Waals surface area contributed by atoms with E-state index in [0.29, 0.717) is 29.0 Å². The fourth-order valence-electron chi connectivity index (χ4n) is 3.79. The number of carbonyl (C=O) groups excluding carboxylic acids is 1. The van der Waals surface area contributed by atoms with Crippen LogP contribution in [0.1, 0.15) is 41.6 Å². The molecular formula is C22H21ClN4O5S. The highest BCUT2D eigenvalue weighted by molar-refractivity contribution is 7.92. The van der Waals surface area contributed by atoms with Crippen molar-refractivity contribution in [1.82, 2.24) is 10.1 Å². The van der Waals surface area contributed by atoms with Gasteiger partial charge in [-0.2, -0.15) is 4.98 Å². The summed E-state index contributed by atoms with van der Waals surface area (Å²) in [5.41, 5.74) is 2.63. The van der Waals surface area contributed by atoms with Gasteiger partial charge in [-0.05, 0) is 56.0 Å². The number of benzene rings is 2. The number of nitrogens with one attached hydrogen (secondary N) is 1. The van der Waals surface area contributed by atoms with E-state index in [2.05, 4.69) is 14.9 Å². The summed E-state index contributed by atoms with van der Waals surface area (Å²) in [6, 6.07) is 8.14. The second kappa shape index (κ2) is 8.03. The van der Waals surface area contributed by atoms with Gasteiger partial charge in [0.15, 0.2) is 12.4 Å². The fourth-order valence-corrected chi connectivity index (χ4v) is 5.37. The number of sulfonamides is 1. The average Bonchev–Trinajstić information content (AvgIpc) is 3.47. The number of hydrogen-bond donors (Lipinski definition) is 1. The van der Waals surface area contributed by atoms with Crippen LogP contribution < -0.4 is 14.4 Å². The van der Waals surface area contributed by atoms with Gasteiger partial charge in [0.25, 0.3) is 15.9 Å². The minimum atomic E-state index is -4.01. The summed E-state index contributed by atoms with van der Waals surface area (Å²) in [5, 5.41) is 3.92. The molecule has 0 atom stereocenters. The normalized spacial score (nSPS) is 15.8. The fraction of sp³-hybridized carbons (Fsp3) is 0.318. The largest absolute Gasteiger partial charge is 0.482 e. The minimum absolute atomic E-state index is 0.0410. The number of halogens is 1. The molecular weight excluding hydrogens is 468 g/mol. The summed E-state index contributed by atoms with van der Waals surface area (Å²) in [5.74, 6) is 1.14. The topological polar surface area (TPSA) is 115 Å². The summed E-state index contributed by atoms with van der Waals surface area (Å²) in [4.78, 5) is 18.2. The third-order valence-corrected chi connectivity index (χ3v) is 7.28. The smallest absolute Gasteiger partial charge is 0.265 e. The number of amides is 1. The van der Waals surface area contributed by atoms with Crippen molar-refractivity contribution in [2.75, 3.05) is 16.2 Å². The first-order valence-corrected chi connectivity index (χ1v) is 12.3. The lowest BCUT2D eigenvalue weighted by Crippen LogP contribution is -2.38. The van der Waals surface area contributed by atoms with E-state index in [9.17, 15) is 13.2 Å². The second-order valence-corrected chi connectivity index (χ2v) is 10.4. The summed E-state index contributed by atoms with van der Waals surface area (Å²) < 4.78 is 39.5. The number of aryl methyl sites for hydroxylation is 2. The molecule has 0 unspecified atom stereocenters. The number of hydrogen-bond acceptors (Lipinski definition) is 7. The van der Waals surface area contributed by atoms with Gasteiger partial charge in [0.05, 0.1) is 17.3 Å². The van der Waals surface area contributed by atoms with Crippen LogP contribution in [0.4, 0.5) is 11.4 Å². The lowest BCUT2D eigenvalue weighted by molar-refractivity contribution is -0.121. The first-order chi connectivity index (χ1) is 15.7. The van der Waals surface area contributed by atoms with Crippen molar-refractivity contribution in [3.8, 4) is 5.75 Å². The van der Waals surface area contributed by atoms with Crippen molar-refractivity contribution in [2.45, 2.75) is 44.0 Å². The molecule has 2 aromatic carbocycles. The lowest BCUT2D eigenvalue weighted by atomic mass is 10.1. The van der Waals surface area contributed by atoms with Gasteiger partial charge in [0.1, 0.15) is 10.6 Å². The molecule has 1 saturated carbocycles. The van der Waals surface area contributed by atoms with Gasteiger partial charge in [-0.15, -0.1) is 0 Å². The van der Waals surface area contributed by atoms with Crippen LogP contribution in [0.15, 0.2) is 39.8 Å². The van der Waals surface area contributed by atoms with Gasteiger partial charge in [-0.1, -0.05) is 22.8 Å². The van der Waals surface area contributed by atoms with Crippen LogP contribution >= 0.6 is 11.6 Å². The van der Waals surface area contributed by atoms with E-state index in [1.54, 1.807) is 12.1 Å². The molecule has 9 nitrogen and oxygen atoms in total. The Balaban J connectivity index is 1.45. The molecule has 5 rings (SSSR count). The number of aromatic nitrogens is 2. The van der Waals surface area contributed by atoms with Gasteiger partial charge < -0.3 is 9.26 Å². The Morgan fingerprint density at radius 3 is 2.58 bits per heavy atom. The third kappa shape index (κ3) is 4.40. The monoisotopic (exact) mass is 488 g/mol. The van der Waals surface area contributed by atoms with Gasteiger partial charge in [-0.25, -0.2) is 8.42 Å². The van der Waals surface area contributed by atoms with Crippen LogP contribution in [-0.2, 0) is 21.4 Å². The Morgan fingerprint density at radius 1 is 1.15 bits per heavy atom. The molecule has 33 heavy (non-hydrogen) atoms. The molecule has 1 N–H and O–H groups in total. The average molecular weight is 489 g/mol. The summed E-state index contributed by atoms with van der Waals surface area (Å²) >= 11 is 6.38. The van der Waals surface area contributed by atoms with Crippen LogP contribution in [0.3, 0.4) is 0 Å². The first-order valence-electron chi connectivity index (χ1n) is 10.4. The molecule has 2 aliphatic rings. The number of ether oxygens (including phenoxy) is 1. The number of rotatable bonds is 6.